The molecule has 21 heavy (non-hydrogen) atoms. The first kappa shape index (κ1) is 17.4. The molecular formula is C13H18F3NO4. The first-order valence-corrected chi connectivity index (χ1v) is 6.02. The first-order chi connectivity index (χ1) is 9.82. The number of hydrogen-bond donors (Lipinski definition) is 1. The zero-order valence-corrected chi connectivity index (χ0v) is 12.0. The predicted molar refractivity (Wildman–Crippen MR) is 69.9 cm³/mol. The Labute approximate surface area is 120 Å². The second-order valence-corrected chi connectivity index (χ2v) is 4.18. The van der Waals surface area contributed by atoms with E-state index in [0.29, 0.717) is 22.8 Å². The summed E-state index contributed by atoms with van der Waals surface area (Å²) in [5, 5.41) is 0. The fourth-order valence-corrected chi connectivity index (χ4v) is 1.78. The van der Waals surface area contributed by atoms with Crippen LogP contribution in [0.15, 0.2) is 12.1 Å². The molecule has 1 rings (SSSR count). The van der Waals surface area contributed by atoms with Crippen LogP contribution in [0.4, 0.5) is 13.2 Å². The molecule has 0 fully saturated rings. The second kappa shape index (κ2) is 7.37. The van der Waals surface area contributed by atoms with E-state index in [0.717, 1.165) is 0 Å². The Morgan fingerprint density at radius 3 is 1.95 bits per heavy atom. The molecule has 1 unspecified atom stereocenters. The van der Waals surface area contributed by atoms with Crippen molar-refractivity contribution in [2.45, 2.75) is 12.2 Å². The maximum Gasteiger partial charge on any atom is 0.411 e. The Kier molecular flexibility index (Phi) is 6.10. The molecule has 0 saturated carbocycles. The van der Waals surface area contributed by atoms with Gasteiger partial charge in [-0.05, 0) is 0 Å². The van der Waals surface area contributed by atoms with Gasteiger partial charge in [0.1, 0.15) is 23.9 Å². The van der Waals surface area contributed by atoms with E-state index >= 15 is 0 Å². The van der Waals surface area contributed by atoms with Crippen molar-refractivity contribution < 1.29 is 32.1 Å². The lowest BCUT2D eigenvalue weighted by atomic mass is 10.1. The van der Waals surface area contributed by atoms with Crippen LogP contribution < -0.4 is 19.9 Å². The molecule has 1 aromatic rings. The van der Waals surface area contributed by atoms with Crippen molar-refractivity contribution in [2.24, 2.45) is 5.73 Å². The lowest BCUT2D eigenvalue weighted by Crippen LogP contribution is -2.24. The molecular weight excluding hydrogens is 291 g/mol. The normalized spacial score (nSPS) is 12.9. The van der Waals surface area contributed by atoms with Gasteiger partial charge in [0.25, 0.3) is 0 Å². The van der Waals surface area contributed by atoms with Crippen molar-refractivity contribution in [3.63, 3.8) is 0 Å². The Hall–Kier alpha value is -1.67. The van der Waals surface area contributed by atoms with Crippen LogP contribution in [0.1, 0.15) is 11.6 Å². The summed E-state index contributed by atoms with van der Waals surface area (Å²) in [5.41, 5.74) is 6.29. The molecule has 1 atom stereocenters. The fraction of sp³-hybridized carbons (Fsp3) is 0.538. The molecule has 0 bridgehead atoms. The standard InChI is InChI=1S/C13H18F3NO4/c1-18-8-4-10(19-2)12(11(5-8)20-3)9(17)6-21-7-13(14,15)16/h4-5,9H,6-7,17H2,1-3H3. The number of benzene rings is 1. The molecule has 0 saturated heterocycles. The van der Waals surface area contributed by atoms with E-state index in [1.54, 1.807) is 12.1 Å². The summed E-state index contributed by atoms with van der Waals surface area (Å²) in [4.78, 5) is 0. The summed E-state index contributed by atoms with van der Waals surface area (Å²) >= 11 is 0. The lowest BCUT2D eigenvalue weighted by Gasteiger charge is -2.20. The number of rotatable bonds is 7. The van der Waals surface area contributed by atoms with Gasteiger partial charge in [-0.25, -0.2) is 0 Å². The van der Waals surface area contributed by atoms with Crippen molar-refractivity contribution in [1.29, 1.82) is 0 Å². The van der Waals surface area contributed by atoms with E-state index in [2.05, 4.69) is 4.74 Å². The highest BCUT2D eigenvalue weighted by molar-refractivity contribution is 5.52. The van der Waals surface area contributed by atoms with Gasteiger partial charge in [0.05, 0.1) is 39.5 Å². The van der Waals surface area contributed by atoms with Gasteiger partial charge < -0.3 is 24.7 Å². The molecule has 0 aliphatic rings. The van der Waals surface area contributed by atoms with Crippen molar-refractivity contribution in [2.75, 3.05) is 34.5 Å². The minimum Gasteiger partial charge on any atom is -0.496 e. The van der Waals surface area contributed by atoms with Crippen LogP contribution in [0.2, 0.25) is 0 Å². The van der Waals surface area contributed by atoms with E-state index in [4.69, 9.17) is 19.9 Å². The molecule has 0 aromatic heterocycles. The number of nitrogens with two attached hydrogens (primary N) is 1. The van der Waals surface area contributed by atoms with Crippen molar-refractivity contribution >= 4 is 0 Å². The predicted octanol–water partition coefficient (Wildman–Crippen LogP) is 2.29. The summed E-state index contributed by atoms with van der Waals surface area (Å²) in [7, 11) is 4.31. The van der Waals surface area contributed by atoms with Crippen molar-refractivity contribution in [3.8, 4) is 17.2 Å². The minimum absolute atomic E-state index is 0.321. The molecule has 0 radical (unpaired) electrons. The Morgan fingerprint density at radius 1 is 1.05 bits per heavy atom. The third-order valence-corrected chi connectivity index (χ3v) is 2.69. The van der Waals surface area contributed by atoms with Gasteiger partial charge in [-0.1, -0.05) is 0 Å². The first-order valence-electron chi connectivity index (χ1n) is 6.02. The lowest BCUT2D eigenvalue weighted by molar-refractivity contribution is -0.174. The Morgan fingerprint density at radius 2 is 1.57 bits per heavy atom. The topological polar surface area (TPSA) is 62.9 Å². The molecule has 1 aromatic carbocycles. The zero-order valence-electron chi connectivity index (χ0n) is 12.0. The molecule has 0 aliphatic carbocycles. The third kappa shape index (κ3) is 4.98. The molecule has 2 N–H and O–H groups in total. The molecule has 120 valence electrons. The van der Waals surface area contributed by atoms with Crippen molar-refractivity contribution in [1.82, 2.24) is 0 Å². The quantitative estimate of drug-likeness (QED) is 0.837. The van der Waals surface area contributed by atoms with Crippen LogP contribution in [-0.4, -0.2) is 40.7 Å². The van der Waals surface area contributed by atoms with E-state index in [1.807, 2.05) is 0 Å². The highest BCUT2D eigenvalue weighted by atomic mass is 19.4. The van der Waals surface area contributed by atoms with Crippen LogP contribution in [-0.2, 0) is 4.74 Å². The summed E-state index contributed by atoms with van der Waals surface area (Å²) in [5.74, 6) is 1.19. The smallest absolute Gasteiger partial charge is 0.411 e. The molecule has 0 heterocycles. The summed E-state index contributed by atoms with van der Waals surface area (Å²) < 4.78 is 56.2. The number of halogens is 3. The second-order valence-electron chi connectivity index (χ2n) is 4.18. The van der Waals surface area contributed by atoms with Gasteiger partial charge in [0.15, 0.2) is 0 Å². The SMILES string of the molecule is COc1cc(OC)c(C(N)COCC(F)(F)F)c(OC)c1. The van der Waals surface area contributed by atoms with E-state index in [1.165, 1.54) is 21.3 Å². The molecule has 0 aliphatic heterocycles. The van der Waals surface area contributed by atoms with E-state index in [-0.39, 0.29) is 6.61 Å². The average Bonchev–Trinajstić information content (AvgIpc) is 2.43. The number of alkyl halides is 3. The average molecular weight is 309 g/mol. The van der Waals surface area contributed by atoms with Gasteiger partial charge in [-0.15, -0.1) is 0 Å². The van der Waals surface area contributed by atoms with Crippen LogP contribution in [0.25, 0.3) is 0 Å². The maximum atomic E-state index is 12.1. The van der Waals surface area contributed by atoms with Crippen LogP contribution >= 0.6 is 0 Å². The van der Waals surface area contributed by atoms with Gasteiger partial charge in [0, 0.05) is 12.1 Å². The highest BCUT2D eigenvalue weighted by Gasteiger charge is 2.28. The van der Waals surface area contributed by atoms with Gasteiger partial charge in [-0.2, -0.15) is 13.2 Å². The molecule has 0 amide bonds. The van der Waals surface area contributed by atoms with Crippen LogP contribution in [0, 0.1) is 0 Å². The zero-order chi connectivity index (χ0) is 16.0. The fourth-order valence-electron chi connectivity index (χ4n) is 1.78. The monoisotopic (exact) mass is 309 g/mol. The summed E-state index contributed by atoms with van der Waals surface area (Å²) in [6.07, 6.45) is -4.40. The van der Waals surface area contributed by atoms with Gasteiger partial charge >= 0.3 is 6.18 Å². The largest absolute Gasteiger partial charge is 0.496 e. The summed E-state index contributed by atoms with van der Waals surface area (Å²) in [6.45, 7) is -1.68. The number of methoxy groups -OCH3 is 3. The molecule has 0 spiro atoms. The molecule has 5 nitrogen and oxygen atoms in total. The third-order valence-electron chi connectivity index (χ3n) is 2.69. The number of ether oxygens (including phenoxy) is 4. The van der Waals surface area contributed by atoms with E-state index in [9.17, 15) is 13.2 Å². The van der Waals surface area contributed by atoms with Crippen LogP contribution in [0.3, 0.4) is 0 Å². The van der Waals surface area contributed by atoms with Crippen molar-refractivity contribution in [3.05, 3.63) is 17.7 Å². The highest BCUT2D eigenvalue weighted by Crippen LogP contribution is 2.37. The Bertz CT molecular complexity index is 440. The summed E-state index contributed by atoms with van der Waals surface area (Å²) in [6, 6.07) is 2.31. The van der Waals surface area contributed by atoms with Crippen LogP contribution in [0.5, 0.6) is 17.2 Å². The maximum absolute atomic E-state index is 12.1. The number of hydrogen-bond acceptors (Lipinski definition) is 5. The Balaban J connectivity index is 2.93. The van der Waals surface area contributed by atoms with Gasteiger partial charge in [-0.3, -0.25) is 0 Å². The molecule has 8 heteroatoms. The van der Waals surface area contributed by atoms with E-state index < -0.39 is 18.8 Å². The minimum atomic E-state index is -4.40. The van der Waals surface area contributed by atoms with Gasteiger partial charge in [0.2, 0.25) is 0 Å².